The summed E-state index contributed by atoms with van der Waals surface area (Å²) in [6.07, 6.45) is -0.560. The first kappa shape index (κ1) is 12.4. The Morgan fingerprint density at radius 2 is 2.13 bits per heavy atom. The van der Waals surface area contributed by atoms with Crippen LogP contribution in [-0.4, -0.2) is 11.1 Å². The topological polar surface area (TPSA) is 46.5 Å². The number of aliphatic hydroxyl groups is 1. The molecule has 0 saturated carbocycles. The van der Waals surface area contributed by atoms with Crippen molar-refractivity contribution >= 4 is 28.6 Å². The van der Waals surface area contributed by atoms with Crippen LogP contribution in [0.3, 0.4) is 0 Å². The Bertz CT molecular complexity index is 386. The standard InChI is InChI=1S/C11H13IO3/c1-6-4-9(7(2)13)5-10(11(6)12)15-8(3)14/h4-5,7,13H,1-3H3. The predicted molar refractivity (Wildman–Crippen MR) is 65.8 cm³/mol. The lowest BCUT2D eigenvalue weighted by atomic mass is 10.1. The molecular weight excluding hydrogens is 307 g/mol. The highest BCUT2D eigenvalue weighted by atomic mass is 127. The lowest BCUT2D eigenvalue weighted by molar-refractivity contribution is -0.131. The first-order valence-corrected chi connectivity index (χ1v) is 5.66. The molecule has 1 aromatic rings. The lowest BCUT2D eigenvalue weighted by Crippen LogP contribution is -2.05. The number of benzene rings is 1. The van der Waals surface area contributed by atoms with Crippen LogP contribution in [0.2, 0.25) is 0 Å². The highest BCUT2D eigenvalue weighted by molar-refractivity contribution is 14.1. The van der Waals surface area contributed by atoms with E-state index in [1.807, 2.05) is 13.0 Å². The number of rotatable bonds is 2. The van der Waals surface area contributed by atoms with Gasteiger partial charge < -0.3 is 9.84 Å². The molecule has 82 valence electrons. The Morgan fingerprint density at radius 3 is 2.60 bits per heavy atom. The van der Waals surface area contributed by atoms with Crippen LogP contribution in [0, 0.1) is 10.5 Å². The van der Waals surface area contributed by atoms with Gasteiger partial charge in [0.05, 0.1) is 9.67 Å². The molecule has 1 aromatic carbocycles. The maximum Gasteiger partial charge on any atom is 0.308 e. The Hall–Kier alpha value is -0.620. The minimum atomic E-state index is -0.560. The quantitative estimate of drug-likeness (QED) is 0.518. The van der Waals surface area contributed by atoms with Gasteiger partial charge in [-0.3, -0.25) is 4.79 Å². The highest BCUT2D eigenvalue weighted by Crippen LogP contribution is 2.28. The number of hydrogen-bond donors (Lipinski definition) is 1. The van der Waals surface area contributed by atoms with E-state index >= 15 is 0 Å². The molecule has 15 heavy (non-hydrogen) atoms. The van der Waals surface area contributed by atoms with E-state index in [2.05, 4.69) is 22.6 Å². The summed E-state index contributed by atoms with van der Waals surface area (Å²) in [5, 5.41) is 9.45. The first-order chi connectivity index (χ1) is 6.91. The van der Waals surface area contributed by atoms with Crippen molar-refractivity contribution in [2.45, 2.75) is 26.9 Å². The molecule has 1 unspecified atom stereocenters. The fourth-order valence-electron chi connectivity index (χ4n) is 1.23. The maximum absolute atomic E-state index is 10.9. The van der Waals surface area contributed by atoms with Crippen LogP contribution in [0.25, 0.3) is 0 Å². The van der Waals surface area contributed by atoms with Crippen LogP contribution in [0.15, 0.2) is 12.1 Å². The molecule has 0 saturated heterocycles. The smallest absolute Gasteiger partial charge is 0.308 e. The first-order valence-electron chi connectivity index (χ1n) is 4.58. The number of esters is 1. The third kappa shape index (κ3) is 3.17. The molecule has 0 aromatic heterocycles. The molecule has 0 aliphatic rings. The summed E-state index contributed by atoms with van der Waals surface area (Å²) in [5.74, 6) is 0.161. The SMILES string of the molecule is CC(=O)Oc1cc(C(C)O)cc(C)c1I. The number of aryl methyl sites for hydroxylation is 1. The van der Waals surface area contributed by atoms with Crippen LogP contribution in [0.1, 0.15) is 31.1 Å². The van der Waals surface area contributed by atoms with E-state index in [-0.39, 0.29) is 5.97 Å². The van der Waals surface area contributed by atoms with Gasteiger partial charge in [0.15, 0.2) is 0 Å². The van der Waals surface area contributed by atoms with Crippen molar-refractivity contribution in [1.82, 2.24) is 0 Å². The largest absolute Gasteiger partial charge is 0.426 e. The summed E-state index contributed by atoms with van der Waals surface area (Å²) in [6, 6.07) is 3.58. The van der Waals surface area contributed by atoms with E-state index in [1.54, 1.807) is 13.0 Å². The lowest BCUT2D eigenvalue weighted by Gasteiger charge is -2.11. The molecule has 0 fully saturated rings. The van der Waals surface area contributed by atoms with E-state index < -0.39 is 6.10 Å². The van der Waals surface area contributed by atoms with Crippen molar-refractivity contribution in [2.24, 2.45) is 0 Å². The minimum Gasteiger partial charge on any atom is -0.426 e. The van der Waals surface area contributed by atoms with Gasteiger partial charge in [-0.05, 0) is 53.6 Å². The Kier molecular flexibility index (Phi) is 4.10. The molecule has 0 spiro atoms. The van der Waals surface area contributed by atoms with Gasteiger partial charge in [-0.25, -0.2) is 0 Å². The van der Waals surface area contributed by atoms with E-state index in [1.165, 1.54) is 6.92 Å². The third-order valence-corrected chi connectivity index (χ3v) is 3.36. The Balaban J connectivity index is 3.18. The number of hydrogen-bond acceptors (Lipinski definition) is 3. The second-order valence-electron chi connectivity index (χ2n) is 3.42. The highest BCUT2D eigenvalue weighted by Gasteiger charge is 2.11. The van der Waals surface area contributed by atoms with Crippen LogP contribution < -0.4 is 4.74 Å². The Labute approximate surface area is 103 Å². The molecule has 0 bridgehead atoms. The van der Waals surface area contributed by atoms with Gasteiger partial charge in [0.1, 0.15) is 5.75 Å². The molecule has 0 radical (unpaired) electrons. The summed E-state index contributed by atoms with van der Waals surface area (Å²) in [6.45, 7) is 4.96. The van der Waals surface area contributed by atoms with Crippen molar-refractivity contribution in [3.05, 3.63) is 26.8 Å². The zero-order valence-corrected chi connectivity index (χ0v) is 11.0. The molecule has 0 amide bonds. The second-order valence-corrected chi connectivity index (χ2v) is 4.50. The average Bonchev–Trinajstić information content (AvgIpc) is 2.11. The van der Waals surface area contributed by atoms with Crippen molar-refractivity contribution in [2.75, 3.05) is 0 Å². The van der Waals surface area contributed by atoms with Crippen LogP contribution in [0.4, 0.5) is 0 Å². The molecular formula is C11H13IO3. The molecule has 0 aliphatic heterocycles. The molecule has 3 nitrogen and oxygen atoms in total. The number of carbonyl (C=O) groups excluding carboxylic acids is 1. The fraction of sp³-hybridized carbons (Fsp3) is 0.364. The van der Waals surface area contributed by atoms with Gasteiger partial charge in [-0.2, -0.15) is 0 Å². The van der Waals surface area contributed by atoms with Crippen molar-refractivity contribution < 1.29 is 14.6 Å². The van der Waals surface area contributed by atoms with Crippen LogP contribution in [-0.2, 0) is 4.79 Å². The normalized spacial score (nSPS) is 12.3. The van der Waals surface area contributed by atoms with Crippen LogP contribution >= 0.6 is 22.6 Å². The van der Waals surface area contributed by atoms with Crippen molar-refractivity contribution in [3.8, 4) is 5.75 Å². The maximum atomic E-state index is 10.9. The fourth-order valence-corrected chi connectivity index (χ4v) is 1.66. The van der Waals surface area contributed by atoms with Gasteiger partial charge in [0.2, 0.25) is 0 Å². The molecule has 4 heteroatoms. The van der Waals surface area contributed by atoms with Gasteiger partial charge in [0.25, 0.3) is 0 Å². The zero-order chi connectivity index (χ0) is 11.6. The predicted octanol–water partition coefficient (Wildman–Crippen LogP) is 2.58. The minimum absolute atomic E-state index is 0.352. The Morgan fingerprint density at radius 1 is 1.53 bits per heavy atom. The molecule has 1 N–H and O–H groups in total. The second kappa shape index (κ2) is 4.94. The van der Waals surface area contributed by atoms with Gasteiger partial charge in [0, 0.05) is 6.92 Å². The number of ether oxygens (including phenoxy) is 1. The molecule has 0 heterocycles. The molecule has 1 rings (SSSR count). The van der Waals surface area contributed by atoms with Crippen molar-refractivity contribution in [3.63, 3.8) is 0 Å². The van der Waals surface area contributed by atoms with Gasteiger partial charge in [-0.1, -0.05) is 6.07 Å². The zero-order valence-electron chi connectivity index (χ0n) is 8.87. The summed E-state index contributed by atoms with van der Waals surface area (Å²) in [7, 11) is 0. The van der Waals surface area contributed by atoms with Crippen molar-refractivity contribution in [1.29, 1.82) is 0 Å². The van der Waals surface area contributed by atoms with Crippen LogP contribution in [0.5, 0.6) is 5.75 Å². The number of aliphatic hydroxyl groups excluding tert-OH is 1. The van der Waals surface area contributed by atoms with E-state index in [0.29, 0.717) is 5.75 Å². The monoisotopic (exact) mass is 320 g/mol. The van der Waals surface area contributed by atoms with E-state index in [9.17, 15) is 9.90 Å². The third-order valence-electron chi connectivity index (χ3n) is 1.98. The summed E-state index contributed by atoms with van der Waals surface area (Å²) in [4.78, 5) is 10.9. The van der Waals surface area contributed by atoms with E-state index in [0.717, 1.165) is 14.7 Å². The van der Waals surface area contributed by atoms with E-state index in [4.69, 9.17) is 4.74 Å². The molecule has 0 aliphatic carbocycles. The average molecular weight is 320 g/mol. The number of halogens is 1. The van der Waals surface area contributed by atoms with Gasteiger partial charge >= 0.3 is 5.97 Å². The summed E-state index contributed by atoms with van der Waals surface area (Å²) < 4.78 is 5.95. The molecule has 1 atom stereocenters. The van der Waals surface area contributed by atoms with Gasteiger partial charge in [-0.15, -0.1) is 0 Å². The summed E-state index contributed by atoms with van der Waals surface area (Å²) in [5.41, 5.74) is 1.74. The number of carbonyl (C=O) groups is 1. The summed E-state index contributed by atoms with van der Waals surface area (Å²) >= 11 is 2.12.